The van der Waals surface area contributed by atoms with Gasteiger partial charge in [-0.3, -0.25) is 9.69 Å². The standard InChI is InChI=1S/C18H21F2N3O4S/c19-17(20)13-22-7-9-23(10-8-22)18(24)14-3-5-16(6-4-14)28(25,26)21-12-15-2-1-11-27-15/h1-6,11,17,21H,7-10,12-13H2. The number of amides is 1. The Morgan fingerprint density at radius 3 is 2.36 bits per heavy atom. The third-order valence-electron chi connectivity index (χ3n) is 4.48. The molecule has 0 saturated carbocycles. The van der Waals surface area contributed by atoms with Gasteiger partial charge in [-0.1, -0.05) is 0 Å². The molecule has 1 aliphatic rings. The van der Waals surface area contributed by atoms with Crippen LogP contribution in [0.2, 0.25) is 0 Å². The maximum atomic E-state index is 12.6. The summed E-state index contributed by atoms with van der Waals surface area (Å²) in [5.41, 5.74) is 0.354. The molecule has 1 fully saturated rings. The van der Waals surface area contributed by atoms with E-state index in [-0.39, 0.29) is 23.9 Å². The van der Waals surface area contributed by atoms with E-state index in [2.05, 4.69) is 4.72 Å². The summed E-state index contributed by atoms with van der Waals surface area (Å²) < 4.78 is 57.0. The van der Waals surface area contributed by atoms with E-state index in [0.717, 1.165) is 0 Å². The predicted molar refractivity (Wildman–Crippen MR) is 97.5 cm³/mol. The van der Waals surface area contributed by atoms with E-state index in [1.165, 1.54) is 30.5 Å². The molecule has 0 atom stereocenters. The fraction of sp³-hybridized carbons (Fsp3) is 0.389. The molecular formula is C18H21F2N3O4S. The van der Waals surface area contributed by atoms with Gasteiger partial charge in [-0.2, -0.15) is 0 Å². The van der Waals surface area contributed by atoms with Crippen molar-refractivity contribution in [3.05, 3.63) is 54.0 Å². The lowest BCUT2D eigenvalue weighted by atomic mass is 10.2. The van der Waals surface area contributed by atoms with Crippen LogP contribution in [-0.4, -0.2) is 63.3 Å². The number of halogens is 2. The van der Waals surface area contributed by atoms with Gasteiger partial charge in [0.25, 0.3) is 12.3 Å². The third kappa shape index (κ3) is 5.15. The zero-order chi connectivity index (χ0) is 20.1. The van der Waals surface area contributed by atoms with Crippen molar-refractivity contribution >= 4 is 15.9 Å². The van der Waals surface area contributed by atoms with Crippen molar-refractivity contribution in [3.63, 3.8) is 0 Å². The third-order valence-corrected chi connectivity index (χ3v) is 5.90. The van der Waals surface area contributed by atoms with E-state index in [1.54, 1.807) is 21.9 Å². The molecule has 152 valence electrons. The number of sulfonamides is 1. The van der Waals surface area contributed by atoms with Crippen LogP contribution in [0.15, 0.2) is 52.0 Å². The average molecular weight is 413 g/mol. The number of nitrogens with one attached hydrogen (secondary N) is 1. The Balaban J connectivity index is 1.58. The minimum absolute atomic E-state index is 0.0267. The zero-order valence-electron chi connectivity index (χ0n) is 15.1. The fourth-order valence-corrected chi connectivity index (χ4v) is 3.94. The molecule has 0 spiro atoms. The summed E-state index contributed by atoms with van der Waals surface area (Å²) in [5.74, 6) is 0.241. The number of benzene rings is 1. The van der Waals surface area contributed by atoms with Gasteiger partial charge in [0.2, 0.25) is 10.0 Å². The van der Waals surface area contributed by atoms with Gasteiger partial charge < -0.3 is 9.32 Å². The van der Waals surface area contributed by atoms with Gasteiger partial charge in [-0.25, -0.2) is 21.9 Å². The molecule has 1 aliphatic heterocycles. The van der Waals surface area contributed by atoms with Crippen molar-refractivity contribution in [1.82, 2.24) is 14.5 Å². The maximum Gasteiger partial charge on any atom is 0.253 e. The lowest BCUT2D eigenvalue weighted by molar-refractivity contribution is 0.0459. The first kappa shape index (κ1) is 20.4. The van der Waals surface area contributed by atoms with Crippen LogP contribution in [0.3, 0.4) is 0 Å². The lowest BCUT2D eigenvalue weighted by Crippen LogP contribution is -2.49. The topological polar surface area (TPSA) is 82.9 Å². The second-order valence-corrected chi connectivity index (χ2v) is 8.18. The molecule has 2 heterocycles. The summed E-state index contributed by atoms with van der Waals surface area (Å²) in [6.45, 7) is 1.23. The van der Waals surface area contributed by atoms with Crippen molar-refractivity contribution in [1.29, 1.82) is 0 Å². The van der Waals surface area contributed by atoms with Crippen LogP contribution < -0.4 is 4.72 Å². The number of alkyl halides is 2. The van der Waals surface area contributed by atoms with Crippen molar-refractivity contribution < 1.29 is 26.4 Å². The molecule has 0 aliphatic carbocycles. The molecule has 7 nitrogen and oxygen atoms in total. The van der Waals surface area contributed by atoms with Gasteiger partial charge in [0.15, 0.2) is 0 Å². The Labute approximate surface area is 162 Å². The number of hydrogen-bond acceptors (Lipinski definition) is 5. The monoisotopic (exact) mass is 413 g/mol. The van der Waals surface area contributed by atoms with Crippen molar-refractivity contribution in [2.75, 3.05) is 32.7 Å². The Hall–Kier alpha value is -2.30. The Kier molecular flexibility index (Phi) is 6.42. The first-order chi connectivity index (χ1) is 13.3. The van der Waals surface area contributed by atoms with Gasteiger partial charge in [-0.15, -0.1) is 0 Å². The molecule has 2 aromatic rings. The summed E-state index contributed by atoms with van der Waals surface area (Å²) >= 11 is 0. The first-order valence-corrected chi connectivity index (χ1v) is 10.3. The lowest BCUT2D eigenvalue weighted by Gasteiger charge is -2.34. The smallest absolute Gasteiger partial charge is 0.253 e. The summed E-state index contributed by atoms with van der Waals surface area (Å²) in [7, 11) is -3.74. The number of rotatable bonds is 7. The molecular weight excluding hydrogens is 392 g/mol. The van der Waals surface area contributed by atoms with Crippen molar-refractivity contribution in [2.45, 2.75) is 17.9 Å². The van der Waals surface area contributed by atoms with Gasteiger partial charge in [0.1, 0.15) is 5.76 Å². The number of carbonyl (C=O) groups excluding carboxylic acids is 1. The number of furan rings is 1. The molecule has 3 rings (SSSR count). The molecule has 0 bridgehead atoms. The number of hydrogen-bond donors (Lipinski definition) is 1. The van der Waals surface area contributed by atoms with Crippen LogP contribution in [0, 0.1) is 0 Å². The van der Waals surface area contributed by atoms with Gasteiger partial charge in [0, 0.05) is 31.7 Å². The number of carbonyl (C=O) groups is 1. The average Bonchev–Trinajstić information content (AvgIpc) is 3.20. The highest BCUT2D eigenvalue weighted by Gasteiger charge is 2.24. The molecule has 1 aromatic heterocycles. The Bertz CT molecular complexity index is 878. The second-order valence-electron chi connectivity index (χ2n) is 6.41. The van der Waals surface area contributed by atoms with Crippen LogP contribution in [0.5, 0.6) is 0 Å². The molecule has 10 heteroatoms. The normalized spacial score (nSPS) is 15.9. The molecule has 1 saturated heterocycles. The molecule has 1 amide bonds. The van der Waals surface area contributed by atoms with E-state index in [0.29, 0.717) is 37.5 Å². The van der Waals surface area contributed by atoms with Gasteiger partial charge >= 0.3 is 0 Å². The SMILES string of the molecule is O=C(c1ccc(S(=O)(=O)NCc2ccco2)cc1)N1CCN(CC(F)F)CC1. The van der Waals surface area contributed by atoms with Crippen LogP contribution in [0.1, 0.15) is 16.1 Å². The molecule has 1 N–H and O–H groups in total. The highest BCUT2D eigenvalue weighted by Crippen LogP contribution is 2.15. The molecule has 1 aromatic carbocycles. The highest BCUT2D eigenvalue weighted by molar-refractivity contribution is 7.89. The van der Waals surface area contributed by atoms with Gasteiger partial charge in [0.05, 0.1) is 24.2 Å². The van der Waals surface area contributed by atoms with Crippen LogP contribution in [-0.2, 0) is 16.6 Å². The van der Waals surface area contributed by atoms with E-state index >= 15 is 0 Å². The predicted octanol–water partition coefficient (Wildman–Crippen LogP) is 1.78. The Morgan fingerprint density at radius 2 is 1.79 bits per heavy atom. The minimum atomic E-state index is -3.74. The maximum absolute atomic E-state index is 12.6. The fourth-order valence-electron chi connectivity index (χ4n) is 2.95. The number of piperazine rings is 1. The van der Waals surface area contributed by atoms with Gasteiger partial charge in [-0.05, 0) is 36.4 Å². The van der Waals surface area contributed by atoms with Crippen LogP contribution >= 0.6 is 0 Å². The largest absolute Gasteiger partial charge is 0.468 e. The summed E-state index contributed by atoms with van der Waals surface area (Å²) in [5, 5.41) is 0. The summed E-state index contributed by atoms with van der Waals surface area (Å²) in [6.07, 6.45) is -0.935. The minimum Gasteiger partial charge on any atom is -0.468 e. The zero-order valence-corrected chi connectivity index (χ0v) is 15.9. The van der Waals surface area contributed by atoms with E-state index < -0.39 is 16.4 Å². The Morgan fingerprint density at radius 1 is 1.11 bits per heavy atom. The molecule has 28 heavy (non-hydrogen) atoms. The summed E-state index contributed by atoms with van der Waals surface area (Å²) in [6, 6.07) is 8.96. The number of nitrogens with zero attached hydrogens (tertiary/aromatic N) is 2. The molecule has 0 unspecified atom stereocenters. The van der Waals surface area contributed by atoms with Crippen molar-refractivity contribution in [3.8, 4) is 0 Å². The summed E-state index contributed by atoms with van der Waals surface area (Å²) in [4.78, 5) is 15.8. The molecule has 0 radical (unpaired) electrons. The van der Waals surface area contributed by atoms with E-state index in [9.17, 15) is 22.0 Å². The van der Waals surface area contributed by atoms with Crippen LogP contribution in [0.25, 0.3) is 0 Å². The van der Waals surface area contributed by atoms with E-state index in [1.807, 2.05) is 0 Å². The second kappa shape index (κ2) is 8.80. The first-order valence-electron chi connectivity index (χ1n) is 8.77. The quantitative estimate of drug-likeness (QED) is 0.748. The van der Waals surface area contributed by atoms with Crippen LogP contribution in [0.4, 0.5) is 8.78 Å². The van der Waals surface area contributed by atoms with Crippen molar-refractivity contribution in [2.24, 2.45) is 0 Å². The van der Waals surface area contributed by atoms with E-state index in [4.69, 9.17) is 4.42 Å². The highest BCUT2D eigenvalue weighted by atomic mass is 32.2.